The number of aromatic nitrogens is 1. The molecule has 0 radical (unpaired) electrons. The third-order valence-corrected chi connectivity index (χ3v) is 2.90. The van der Waals surface area contributed by atoms with E-state index in [-0.39, 0.29) is 12.5 Å². The van der Waals surface area contributed by atoms with Crippen LogP contribution in [0, 0.1) is 18.3 Å². The van der Waals surface area contributed by atoms with Crippen LogP contribution >= 0.6 is 0 Å². The molecule has 0 aliphatic carbocycles. The minimum absolute atomic E-state index is 0.166. The summed E-state index contributed by atoms with van der Waals surface area (Å²) in [6.45, 7) is 2.74. The second-order valence-electron chi connectivity index (χ2n) is 4.87. The van der Waals surface area contributed by atoms with E-state index in [0.717, 1.165) is 0 Å². The van der Waals surface area contributed by atoms with Crippen LogP contribution in [0.3, 0.4) is 0 Å². The Labute approximate surface area is 138 Å². The molecule has 2 rings (SSSR count). The van der Waals surface area contributed by atoms with Gasteiger partial charge in [-0.2, -0.15) is 5.26 Å². The van der Waals surface area contributed by atoms with Gasteiger partial charge in [-0.25, -0.2) is 4.79 Å². The van der Waals surface area contributed by atoms with E-state index in [9.17, 15) is 9.59 Å². The van der Waals surface area contributed by atoms with Gasteiger partial charge in [0.25, 0.3) is 11.8 Å². The van der Waals surface area contributed by atoms with Crippen molar-refractivity contribution in [3.63, 3.8) is 0 Å². The molecular weight excluding hydrogens is 314 g/mol. The van der Waals surface area contributed by atoms with Gasteiger partial charge in [0.2, 0.25) is 0 Å². The first-order valence-electron chi connectivity index (χ1n) is 7.04. The summed E-state index contributed by atoms with van der Waals surface area (Å²) in [5, 5.41) is 14.9. The number of rotatable bonds is 6. The molecule has 1 aromatic heterocycles. The van der Waals surface area contributed by atoms with Gasteiger partial charge in [-0.1, -0.05) is 0 Å². The number of amides is 1. The predicted octanol–water partition coefficient (Wildman–Crippen LogP) is 1.80. The molecule has 124 valence electrons. The van der Waals surface area contributed by atoms with Crippen LogP contribution in [0.5, 0.6) is 5.88 Å². The summed E-state index contributed by atoms with van der Waals surface area (Å²) in [6, 6.07) is 9.81. The summed E-state index contributed by atoms with van der Waals surface area (Å²) in [4.78, 5) is 23.6. The Morgan fingerprint density at radius 3 is 2.67 bits per heavy atom. The minimum atomic E-state index is -1.00. The normalized spacial score (nSPS) is 11.2. The molecule has 0 bridgehead atoms. The van der Waals surface area contributed by atoms with Crippen molar-refractivity contribution in [1.82, 2.24) is 5.16 Å². The lowest BCUT2D eigenvalue weighted by Crippen LogP contribution is -2.31. The van der Waals surface area contributed by atoms with Crippen LogP contribution in [-0.2, 0) is 14.3 Å². The van der Waals surface area contributed by atoms with E-state index < -0.39 is 18.0 Å². The van der Waals surface area contributed by atoms with E-state index in [2.05, 4.69) is 10.5 Å². The number of esters is 1. The van der Waals surface area contributed by atoms with Gasteiger partial charge in [0.1, 0.15) is 5.76 Å². The van der Waals surface area contributed by atoms with Crippen LogP contribution in [0.2, 0.25) is 0 Å². The Hall–Kier alpha value is -3.34. The number of nitrogens with zero attached hydrogens (tertiary/aromatic N) is 2. The maximum absolute atomic E-state index is 12.0. The van der Waals surface area contributed by atoms with Crippen LogP contribution in [0.1, 0.15) is 18.2 Å². The molecule has 1 N–H and O–H groups in total. The van der Waals surface area contributed by atoms with Gasteiger partial charge in [-0.05, 0) is 43.3 Å². The number of anilines is 1. The lowest BCUT2D eigenvalue weighted by molar-refractivity contribution is -0.155. The first-order valence-corrected chi connectivity index (χ1v) is 7.04. The number of ether oxygens (including phenoxy) is 2. The highest BCUT2D eigenvalue weighted by Gasteiger charge is 2.18. The van der Waals surface area contributed by atoms with Crippen molar-refractivity contribution in [3.8, 4) is 11.9 Å². The van der Waals surface area contributed by atoms with Gasteiger partial charge >= 0.3 is 5.97 Å². The van der Waals surface area contributed by atoms with Crippen LogP contribution in [0.15, 0.2) is 34.9 Å². The fourth-order valence-corrected chi connectivity index (χ4v) is 1.70. The molecule has 0 saturated heterocycles. The Bertz CT molecular complexity index is 761. The Morgan fingerprint density at radius 2 is 2.08 bits per heavy atom. The van der Waals surface area contributed by atoms with Gasteiger partial charge in [0.15, 0.2) is 12.7 Å². The average Bonchev–Trinajstić information content (AvgIpc) is 2.99. The van der Waals surface area contributed by atoms with E-state index in [1.807, 2.05) is 6.07 Å². The zero-order valence-corrected chi connectivity index (χ0v) is 13.1. The maximum atomic E-state index is 12.0. The zero-order chi connectivity index (χ0) is 17.5. The topological polar surface area (TPSA) is 114 Å². The lowest BCUT2D eigenvalue weighted by atomic mass is 10.2. The minimum Gasteiger partial charge on any atom is -0.463 e. The molecule has 2 aromatic rings. The molecule has 8 heteroatoms. The van der Waals surface area contributed by atoms with Gasteiger partial charge in [-0.3, -0.25) is 4.79 Å². The largest absolute Gasteiger partial charge is 0.463 e. The van der Waals surface area contributed by atoms with Crippen molar-refractivity contribution < 1.29 is 23.6 Å². The Kier molecular flexibility index (Phi) is 5.52. The molecule has 0 fully saturated rings. The number of hydrogen-bond donors (Lipinski definition) is 1. The first-order chi connectivity index (χ1) is 11.5. The molecule has 0 aliphatic rings. The molecule has 0 spiro atoms. The zero-order valence-electron chi connectivity index (χ0n) is 13.1. The molecule has 0 aliphatic heterocycles. The number of benzene rings is 1. The smallest absolute Gasteiger partial charge is 0.345 e. The number of aryl methyl sites for hydroxylation is 1. The highest BCUT2D eigenvalue weighted by Crippen LogP contribution is 2.11. The lowest BCUT2D eigenvalue weighted by Gasteiger charge is -2.13. The monoisotopic (exact) mass is 329 g/mol. The third kappa shape index (κ3) is 4.84. The molecular formula is C16H15N3O5. The molecule has 0 saturated carbocycles. The summed E-state index contributed by atoms with van der Waals surface area (Å²) in [5.74, 6) is -0.490. The van der Waals surface area contributed by atoms with Crippen LogP contribution in [0.25, 0.3) is 0 Å². The molecule has 0 unspecified atom stereocenters. The fraction of sp³-hybridized carbons (Fsp3) is 0.250. The van der Waals surface area contributed by atoms with E-state index in [0.29, 0.717) is 17.0 Å². The summed E-state index contributed by atoms with van der Waals surface area (Å²) >= 11 is 0. The Morgan fingerprint density at radius 1 is 1.38 bits per heavy atom. The van der Waals surface area contributed by atoms with E-state index >= 15 is 0 Å². The van der Waals surface area contributed by atoms with Gasteiger partial charge in [0, 0.05) is 11.8 Å². The van der Waals surface area contributed by atoms with Crippen molar-refractivity contribution in [1.29, 1.82) is 5.26 Å². The van der Waals surface area contributed by atoms with Crippen molar-refractivity contribution in [3.05, 3.63) is 41.7 Å². The summed E-state index contributed by atoms with van der Waals surface area (Å²) < 4.78 is 14.8. The molecule has 24 heavy (non-hydrogen) atoms. The molecule has 1 amide bonds. The summed E-state index contributed by atoms with van der Waals surface area (Å²) in [5.41, 5.74) is 0.976. The molecule has 1 atom stereocenters. The standard InChI is InChI=1S/C16H15N3O5/c1-10-7-14(19-24-10)22-9-15(20)23-11(2)16(21)18-13-5-3-12(8-17)4-6-13/h3-7,11H,9H2,1-2H3,(H,18,21)/t11-/m0/s1. The third-order valence-electron chi connectivity index (χ3n) is 2.90. The van der Waals surface area contributed by atoms with Crippen molar-refractivity contribution in [2.24, 2.45) is 0 Å². The SMILES string of the molecule is Cc1cc(OCC(=O)O[C@@H](C)C(=O)Nc2ccc(C#N)cc2)no1. The van der Waals surface area contributed by atoms with E-state index in [4.69, 9.17) is 19.3 Å². The van der Waals surface area contributed by atoms with Crippen molar-refractivity contribution in [2.45, 2.75) is 20.0 Å². The highest BCUT2D eigenvalue weighted by molar-refractivity contribution is 5.95. The van der Waals surface area contributed by atoms with Crippen LogP contribution in [-0.4, -0.2) is 29.7 Å². The molecule has 8 nitrogen and oxygen atoms in total. The highest BCUT2D eigenvalue weighted by atomic mass is 16.6. The van der Waals surface area contributed by atoms with E-state index in [1.165, 1.54) is 13.0 Å². The Balaban J connectivity index is 1.79. The number of nitriles is 1. The second kappa shape index (κ2) is 7.78. The van der Waals surface area contributed by atoms with Crippen LogP contribution < -0.4 is 10.1 Å². The first kappa shape index (κ1) is 17.0. The van der Waals surface area contributed by atoms with E-state index in [1.54, 1.807) is 31.2 Å². The van der Waals surface area contributed by atoms with Gasteiger partial charge < -0.3 is 19.3 Å². The van der Waals surface area contributed by atoms with Crippen LogP contribution in [0.4, 0.5) is 5.69 Å². The van der Waals surface area contributed by atoms with Gasteiger partial charge in [0.05, 0.1) is 11.6 Å². The number of nitrogens with one attached hydrogen (secondary N) is 1. The summed E-state index contributed by atoms with van der Waals surface area (Å²) in [6.07, 6.45) is -1.00. The number of carbonyl (C=O) groups is 2. The number of hydrogen-bond acceptors (Lipinski definition) is 7. The second-order valence-corrected chi connectivity index (χ2v) is 4.87. The quantitative estimate of drug-likeness (QED) is 0.804. The number of carbonyl (C=O) groups excluding carboxylic acids is 2. The van der Waals surface area contributed by atoms with Gasteiger partial charge in [-0.15, -0.1) is 0 Å². The van der Waals surface area contributed by atoms with Crippen molar-refractivity contribution >= 4 is 17.6 Å². The molecule has 1 aromatic carbocycles. The van der Waals surface area contributed by atoms with Crippen molar-refractivity contribution in [2.75, 3.05) is 11.9 Å². The average molecular weight is 329 g/mol. The summed E-state index contributed by atoms with van der Waals surface area (Å²) in [7, 11) is 0. The predicted molar refractivity (Wildman–Crippen MR) is 82.1 cm³/mol. The molecule has 1 heterocycles. The maximum Gasteiger partial charge on any atom is 0.345 e. The fourth-order valence-electron chi connectivity index (χ4n) is 1.70.